The summed E-state index contributed by atoms with van der Waals surface area (Å²) in [7, 11) is -3.51. The van der Waals surface area contributed by atoms with Gasteiger partial charge in [-0.05, 0) is 13.8 Å². The number of carbonyl (C=O) groups is 1. The van der Waals surface area contributed by atoms with Crippen molar-refractivity contribution in [3.63, 3.8) is 0 Å². The van der Waals surface area contributed by atoms with Crippen LogP contribution in [0.4, 0.5) is 0 Å². The zero-order valence-electron chi connectivity index (χ0n) is 8.69. The highest BCUT2D eigenvalue weighted by molar-refractivity contribution is 7.87. The van der Waals surface area contributed by atoms with E-state index in [9.17, 15) is 13.2 Å². The quantitative estimate of drug-likeness (QED) is 0.468. The Labute approximate surface area is 89.0 Å². The van der Waals surface area contributed by atoms with Gasteiger partial charge in [-0.25, -0.2) is 4.79 Å². The normalized spacial score (nSPS) is 11.9. The highest BCUT2D eigenvalue weighted by Gasteiger charge is 2.09. The molecule has 0 aromatic carbocycles. The lowest BCUT2D eigenvalue weighted by atomic mass is 10.4. The number of hydrogen-bond acceptors (Lipinski definition) is 4. The van der Waals surface area contributed by atoms with Gasteiger partial charge in [-0.2, -0.15) is 17.9 Å². The van der Waals surface area contributed by atoms with E-state index >= 15 is 0 Å². The van der Waals surface area contributed by atoms with E-state index < -0.39 is 22.8 Å². The molecule has 15 heavy (non-hydrogen) atoms. The van der Waals surface area contributed by atoms with Gasteiger partial charge < -0.3 is 9.84 Å². The molecule has 0 aromatic heterocycles. The van der Waals surface area contributed by atoms with Crippen LogP contribution < -0.4 is 9.44 Å². The maximum Gasteiger partial charge on any atom is 0.329 e. The Hall–Kier alpha value is -0.700. The molecule has 0 aromatic rings. The Morgan fingerprint density at radius 2 is 2.07 bits per heavy atom. The minimum absolute atomic E-state index is 0.0192. The van der Waals surface area contributed by atoms with Crippen LogP contribution >= 0.6 is 0 Å². The average Bonchev–Trinajstić information content (AvgIpc) is 1.99. The van der Waals surface area contributed by atoms with Gasteiger partial charge in [-0.3, -0.25) is 0 Å². The van der Waals surface area contributed by atoms with E-state index in [2.05, 4.69) is 14.2 Å². The first-order valence-corrected chi connectivity index (χ1v) is 5.88. The first-order chi connectivity index (χ1) is 6.83. The molecule has 0 rings (SSSR count). The Kier molecular flexibility index (Phi) is 6.41. The molecule has 0 radical (unpaired) electrons. The molecular formula is C7H16N2O5S. The van der Waals surface area contributed by atoms with Crippen molar-refractivity contribution in [1.29, 1.82) is 0 Å². The second-order valence-electron chi connectivity index (χ2n) is 3.12. The topological polar surface area (TPSA) is 105 Å². The SMILES string of the molecule is CC(C)NS(=O)(=O)NCCOCC(=O)O. The van der Waals surface area contributed by atoms with E-state index in [0.29, 0.717) is 0 Å². The van der Waals surface area contributed by atoms with Crippen LogP contribution in [0.5, 0.6) is 0 Å². The number of carboxylic acid groups (broad SMARTS) is 1. The molecule has 3 N–H and O–H groups in total. The number of ether oxygens (including phenoxy) is 1. The van der Waals surface area contributed by atoms with Gasteiger partial charge in [0.05, 0.1) is 6.61 Å². The van der Waals surface area contributed by atoms with Crippen molar-refractivity contribution in [3.05, 3.63) is 0 Å². The van der Waals surface area contributed by atoms with Gasteiger partial charge in [0.15, 0.2) is 0 Å². The van der Waals surface area contributed by atoms with Gasteiger partial charge in [0.2, 0.25) is 0 Å². The summed E-state index contributed by atoms with van der Waals surface area (Å²) < 4.78 is 31.4. The van der Waals surface area contributed by atoms with Crippen LogP contribution in [0, 0.1) is 0 Å². The second-order valence-corrected chi connectivity index (χ2v) is 4.65. The van der Waals surface area contributed by atoms with Crippen molar-refractivity contribution in [2.45, 2.75) is 19.9 Å². The summed E-state index contributed by atoms with van der Waals surface area (Å²) in [5, 5.41) is 8.22. The molecule has 90 valence electrons. The smallest absolute Gasteiger partial charge is 0.329 e. The first kappa shape index (κ1) is 14.3. The fraction of sp³-hybridized carbons (Fsp3) is 0.857. The summed E-state index contributed by atoms with van der Waals surface area (Å²) in [6.45, 7) is 3.01. The standard InChI is InChI=1S/C7H16N2O5S/c1-6(2)9-15(12,13)8-3-4-14-5-7(10)11/h6,8-9H,3-5H2,1-2H3,(H,10,11). The Morgan fingerprint density at radius 3 is 2.53 bits per heavy atom. The molecule has 0 saturated heterocycles. The number of hydrogen-bond donors (Lipinski definition) is 3. The third-order valence-corrected chi connectivity index (χ3v) is 2.52. The van der Waals surface area contributed by atoms with E-state index in [1.54, 1.807) is 13.8 Å². The Bertz CT molecular complexity index is 288. The number of carboxylic acids is 1. The molecule has 0 unspecified atom stereocenters. The highest BCUT2D eigenvalue weighted by Crippen LogP contribution is 1.83. The van der Waals surface area contributed by atoms with Crippen molar-refractivity contribution in [3.8, 4) is 0 Å². The monoisotopic (exact) mass is 240 g/mol. The molecule has 0 atom stereocenters. The molecule has 0 bridgehead atoms. The summed E-state index contributed by atoms with van der Waals surface area (Å²) in [6, 6.07) is -0.192. The van der Waals surface area contributed by atoms with Crippen LogP contribution in [0.2, 0.25) is 0 Å². The van der Waals surface area contributed by atoms with Crippen LogP contribution in [0.25, 0.3) is 0 Å². The minimum Gasteiger partial charge on any atom is -0.480 e. The molecule has 0 saturated carbocycles. The van der Waals surface area contributed by atoms with Gasteiger partial charge in [-0.15, -0.1) is 0 Å². The zero-order chi connectivity index (χ0) is 11.9. The van der Waals surface area contributed by atoms with Gasteiger partial charge >= 0.3 is 5.97 Å². The summed E-state index contributed by atoms with van der Waals surface area (Å²) >= 11 is 0. The van der Waals surface area contributed by atoms with E-state index in [4.69, 9.17) is 5.11 Å². The summed E-state index contributed by atoms with van der Waals surface area (Å²) in [4.78, 5) is 10.0. The maximum absolute atomic E-state index is 11.1. The van der Waals surface area contributed by atoms with Crippen LogP contribution in [0.3, 0.4) is 0 Å². The average molecular weight is 240 g/mol. The number of nitrogens with one attached hydrogen (secondary N) is 2. The molecule has 8 heteroatoms. The van der Waals surface area contributed by atoms with Crippen molar-refractivity contribution in [2.75, 3.05) is 19.8 Å². The zero-order valence-corrected chi connectivity index (χ0v) is 9.50. The lowest BCUT2D eigenvalue weighted by molar-refractivity contribution is -0.142. The van der Waals surface area contributed by atoms with Gasteiger partial charge in [0.1, 0.15) is 6.61 Å². The van der Waals surface area contributed by atoms with Crippen molar-refractivity contribution >= 4 is 16.2 Å². The minimum atomic E-state index is -3.51. The second kappa shape index (κ2) is 6.72. The molecule has 7 nitrogen and oxygen atoms in total. The van der Waals surface area contributed by atoms with Gasteiger partial charge in [0, 0.05) is 12.6 Å². The predicted molar refractivity (Wildman–Crippen MR) is 53.6 cm³/mol. The van der Waals surface area contributed by atoms with Gasteiger partial charge in [0.25, 0.3) is 10.2 Å². The summed E-state index contributed by atoms with van der Waals surface area (Å²) in [6.07, 6.45) is 0. The summed E-state index contributed by atoms with van der Waals surface area (Å²) in [5.74, 6) is -1.09. The number of rotatable bonds is 8. The van der Waals surface area contributed by atoms with Crippen molar-refractivity contribution in [2.24, 2.45) is 0 Å². The van der Waals surface area contributed by atoms with Gasteiger partial charge in [-0.1, -0.05) is 0 Å². The van der Waals surface area contributed by atoms with Crippen molar-refractivity contribution < 1.29 is 23.1 Å². The van der Waals surface area contributed by atoms with E-state index in [-0.39, 0.29) is 19.2 Å². The fourth-order valence-corrected chi connectivity index (χ4v) is 1.82. The van der Waals surface area contributed by atoms with Crippen LogP contribution in [0.1, 0.15) is 13.8 Å². The van der Waals surface area contributed by atoms with E-state index in [1.807, 2.05) is 0 Å². The molecule has 0 aliphatic heterocycles. The number of aliphatic carboxylic acids is 1. The third kappa shape index (κ3) is 9.60. The molecule has 0 aliphatic carbocycles. The Balaban J connectivity index is 3.62. The van der Waals surface area contributed by atoms with Crippen molar-refractivity contribution in [1.82, 2.24) is 9.44 Å². The predicted octanol–water partition coefficient (Wildman–Crippen LogP) is -1.08. The van der Waals surface area contributed by atoms with Crippen LogP contribution in [-0.4, -0.2) is 45.3 Å². The third-order valence-electron chi connectivity index (χ3n) is 1.15. The molecule has 0 amide bonds. The van der Waals surface area contributed by atoms with E-state index in [1.165, 1.54) is 0 Å². The Morgan fingerprint density at radius 1 is 1.47 bits per heavy atom. The van der Waals surface area contributed by atoms with Crippen LogP contribution in [-0.2, 0) is 19.7 Å². The molecule has 0 heterocycles. The molecular weight excluding hydrogens is 224 g/mol. The van der Waals surface area contributed by atoms with Crippen LogP contribution in [0.15, 0.2) is 0 Å². The fourth-order valence-electron chi connectivity index (χ4n) is 0.760. The molecule has 0 aliphatic rings. The molecule has 0 spiro atoms. The summed E-state index contributed by atoms with van der Waals surface area (Å²) in [5.41, 5.74) is 0. The highest BCUT2D eigenvalue weighted by atomic mass is 32.2. The maximum atomic E-state index is 11.1. The lowest BCUT2D eigenvalue weighted by Crippen LogP contribution is -2.41. The lowest BCUT2D eigenvalue weighted by Gasteiger charge is -2.10. The molecule has 0 fully saturated rings. The largest absolute Gasteiger partial charge is 0.480 e. The first-order valence-electron chi connectivity index (χ1n) is 4.40. The van der Waals surface area contributed by atoms with E-state index in [0.717, 1.165) is 0 Å².